The predicted molar refractivity (Wildman–Crippen MR) is 112 cm³/mol. The van der Waals surface area contributed by atoms with Crippen LogP contribution in [0.25, 0.3) is 22.1 Å². The summed E-state index contributed by atoms with van der Waals surface area (Å²) >= 11 is 0. The number of methoxy groups -OCH3 is 3. The first-order valence-electron chi connectivity index (χ1n) is 9.00. The van der Waals surface area contributed by atoms with Crippen LogP contribution in [-0.4, -0.2) is 26.4 Å². The summed E-state index contributed by atoms with van der Waals surface area (Å²) in [5.41, 5.74) is 1.12. The van der Waals surface area contributed by atoms with Crippen molar-refractivity contribution in [2.75, 3.05) is 21.3 Å². The highest BCUT2D eigenvalue weighted by Crippen LogP contribution is 2.41. The van der Waals surface area contributed by atoms with E-state index in [1.165, 1.54) is 26.5 Å². The fourth-order valence-electron chi connectivity index (χ4n) is 3.26. The number of phenolic OH excluding ortho intramolecular Hbond substituents is 1. The first kappa shape index (κ1) is 20.3. The van der Waals surface area contributed by atoms with Crippen LogP contribution in [0.15, 0.2) is 52.4 Å². The lowest BCUT2D eigenvalue weighted by atomic mass is 9.80. The van der Waals surface area contributed by atoms with Crippen molar-refractivity contribution in [3.8, 4) is 34.1 Å². The Labute approximate surface area is 169 Å². The van der Waals surface area contributed by atoms with Crippen LogP contribution < -0.4 is 19.6 Å². The highest BCUT2D eigenvalue weighted by molar-refractivity contribution is 5.89. The molecule has 2 aromatic carbocycles. The summed E-state index contributed by atoms with van der Waals surface area (Å²) in [4.78, 5) is 13.3. The molecule has 1 heterocycles. The Bertz CT molecular complexity index is 1140. The number of ether oxygens (including phenoxy) is 3. The number of benzene rings is 2. The normalized spacial score (nSPS) is 11.3. The summed E-state index contributed by atoms with van der Waals surface area (Å²) in [5.74, 6) is 1.20. The maximum atomic E-state index is 13.3. The molecular weight excluding hydrogens is 372 g/mol. The lowest BCUT2D eigenvalue weighted by molar-refractivity contribution is 0.354. The van der Waals surface area contributed by atoms with Gasteiger partial charge >= 0.3 is 0 Å². The van der Waals surface area contributed by atoms with Gasteiger partial charge in [0, 0.05) is 17.5 Å². The lowest BCUT2D eigenvalue weighted by Gasteiger charge is -2.25. The molecule has 0 amide bonds. The van der Waals surface area contributed by atoms with Crippen molar-refractivity contribution in [3.63, 3.8) is 0 Å². The average molecular weight is 396 g/mol. The summed E-state index contributed by atoms with van der Waals surface area (Å²) in [7, 11) is 4.55. The largest absolute Gasteiger partial charge is 0.507 e. The van der Waals surface area contributed by atoms with Gasteiger partial charge in [0.05, 0.1) is 26.9 Å². The highest BCUT2D eigenvalue weighted by Gasteiger charge is 2.26. The highest BCUT2D eigenvalue weighted by atomic mass is 16.5. The molecule has 6 nitrogen and oxygen atoms in total. The maximum Gasteiger partial charge on any atom is 0.204 e. The molecule has 1 aromatic heterocycles. The Morgan fingerprint density at radius 2 is 1.66 bits per heavy atom. The zero-order valence-electron chi connectivity index (χ0n) is 17.2. The van der Waals surface area contributed by atoms with Crippen molar-refractivity contribution >= 4 is 11.0 Å². The molecule has 3 rings (SSSR count). The molecule has 3 aromatic rings. The number of hydrogen-bond donors (Lipinski definition) is 1. The van der Waals surface area contributed by atoms with Crippen LogP contribution in [0, 0.1) is 0 Å². The average Bonchev–Trinajstić information content (AvgIpc) is 2.72. The van der Waals surface area contributed by atoms with Crippen LogP contribution in [0.2, 0.25) is 0 Å². The molecule has 6 heteroatoms. The van der Waals surface area contributed by atoms with Crippen molar-refractivity contribution in [3.05, 3.63) is 59.0 Å². The van der Waals surface area contributed by atoms with E-state index in [0.29, 0.717) is 28.4 Å². The molecule has 0 saturated carbocycles. The van der Waals surface area contributed by atoms with Gasteiger partial charge < -0.3 is 23.7 Å². The Morgan fingerprint density at radius 1 is 1.00 bits per heavy atom. The van der Waals surface area contributed by atoms with Crippen LogP contribution >= 0.6 is 0 Å². The summed E-state index contributed by atoms with van der Waals surface area (Å²) in [6.45, 7) is 7.88. The first-order valence-corrected chi connectivity index (χ1v) is 9.00. The predicted octanol–water partition coefficient (Wildman–Crippen LogP) is 4.66. The molecule has 0 aliphatic rings. The molecular formula is C23H24O6. The van der Waals surface area contributed by atoms with Crippen LogP contribution in [-0.2, 0) is 5.41 Å². The van der Waals surface area contributed by atoms with Crippen molar-refractivity contribution < 1.29 is 23.7 Å². The second-order valence-corrected chi connectivity index (χ2v) is 7.18. The third-order valence-corrected chi connectivity index (χ3v) is 5.08. The molecule has 0 bridgehead atoms. The minimum atomic E-state index is -0.474. The van der Waals surface area contributed by atoms with E-state index in [2.05, 4.69) is 6.58 Å². The van der Waals surface area contributed by atoms with Crippen LogP contribution in [0.3, 0.4) is 0 Å². The van der Waals surface area contributed by atoms with Crippen molar-refractivity contribution in [2.24, 2.45) is 0 Å². The standard InChI is InChI=1S/C23H24O6/c1-7-23(2,3)16-11-19(28-6)18(27-5)10-14(16)15-12-29-20-9-13(26-4)8-17(24)21(20)22(15)25/h7-12,24H,1H2,2-6H3. The van der Waals surface area contributed by atoms with Gasteiger partial charge in [0.25, 0.3) is 0 Å². The van der Waals surface area contributed by atoms with Crippen LogP contribution in [0.5, 0.6) is 23.0 Å². The minimum absolute atomic E-state index is 0.0837. The first-order chi connectivity index (χ1) is 13.8. The van der Waals surface area contributed by atoms with Gasteiger partial charge in [-0.1, -0.05) is 19.9 Å². The molecule has 29 heavy (non-hydrogen) atoms. The van der Waals surface area contributed by atoms with E-state index in [1.807, 2.05) is 19.9 Å². The van der Waals surface area contributed by atoms with E-state index >= 15 is 0 Å². The maximum absolute atomic E-state index is 13.3. The fourth-order valence-corrected chi connectivity index (χ4v) is 3.26. The number of fused-ring (bicyclic) bond motifs is 1. The molecule has 0 aliphatic carbocycles. The minimum Gasteiger partial charge on any atom is -0.507 e. The summed E-state index contributed by atoms with van der Waals surface area (Å²) in [6, 6.07) is 6.50. The Morgan fingerprint density at radius 3 is 2.24 bits per heavy atom. The molecule has 152 valence electrons. The van der Waals surface area contributed by atoms with Gasteiger partial charge in [-0.15, -0.1) is 6.58 Å². The summed E-state index contributed by atoms with van der Waals surface area (Å²) in [6.07, 6.45) is 3.18. The number of allylic oxidation sites excluding steroid dienone is 1. The summed E-state index contributed by atoms with van der Waals surface area (Å²) in [5, 5.41) is 10.5. The second kappa shape index (κ2) is 7.54. The molecule has 0 spiro atoms. The van der Waals surface area contributed by atoms with Gasteiger partial charge in [-0.3, -0.25) is 4.79 Å². The van der Waals surface area contributed by atoms with E-state index in [4.69, 9.17) is 18.6 Å². The van der Waals surface area contributed by atoms with Crippen LogP contribution in [0.1, 0.15) is 19.4 Å². The van der Waals surface area contributed by atoms with Gasteiger partial charge in [-0.25, -0.2) is 0 Å². The van der Waals surface area contributed by atoms with E-state index in [-0.39, 0.29) is 22.1 Å². The molecule has 1 N–H and O–H groups in total. The Kier molecular flexibility index (Phi) is 5.29. The summed E-state index contributed by atoms with van der Waals surface area (Å²) < 4.78 is 21.7. The van der Waals surface area contributed by atoms with E-state index in [1.54, 1.807) is 25.3 Å². The zero-order valence-corrected chi connectivity index (χ0v) is 17.2. The van der Waals surface area contributed by atoms with Crippen molar-refractivity contribution in [1.82, 2.24) is 0 Å². The zero-order chi connectivity index (χ0) is 21.3. The van der Waals surface area contributed by atoms with Crippen molar-refractivity contribution in [1.29, 1.82) is 0 Å². The number of phenols is 1. The Hall–Kier alpha value is -3.41. The second-order valence-electron chi connectivity index (χ2n) is 7.18. The van der Waals surface area contributed by atoms with E-state index < -0.39 is 5.41 Å². The molecule has 0 aliphatic heterocycles. The van der Waals surface area contributed by atoms with E-state index in [0.717, 1.165) is 5.56 Å². The molecule has 0 radical (unpaired) electrons. The molecule has 0 fully saturated rings. The number of hydrogen-bond acceptors (Lipinski definition) is 6. The van der Waals surface area contributed by atoms with Gasteiger partial charge in [-0.05, 0) is 23.3 Å². The molecule has 0 unspecified atom stereocenters. The third-order valence-electron chi connectivity index (χ3n) is 5.08. The smallest absolute Gasteiger partial charge is 0.204 e. The van der Waals surface area contributed by atoms with Crippen LogP contribution in [0.4, 0.5) is 0 Å². The fraction of sp³-hybridized carbons (Fsp3) is 0.261. The number of aromatic hydroxyl groups is 1. The van der Waals surface area contributed by atoms with Gasteiger partial charge in [-0.2, -0.15) is 0 Å². The van der Waals surface area contributed by atoms with Gasteiger partial charge in [0.2, 0.25) is 5.43 Å². The van der Waals surface area contributed by atoms with Crippen molar-refractivity contribution in [2.45, 2.75) is 19.3 Å². The Balaban J connectivity index is 2.39. The van der Waals surface area contributed by atoms with E-state index in [9.17, 15) is 9.90 Å². The third kappa shape index (κ3) is 3.42. The SMILES string of the molecule is C=CC(C)(C)c1cc(OC)c(OC)cc1-c1coc2cc(OC)cc(O)c2c1=O. The molecule has 0 atom stereocenters. The number of rotatable bonds is 6. The van der Waals surface area contributed by atoms with Gasteiger partial charge in [0.1, 0.15) is 28.7 Å². The van der Waals surface area contributed by atoms with Gasteiger partial charge in [0.15, 0.2) is 11.5 Å². The lowest BCUT2D eigenvalue weighted by Crippen LogP contribution is -2.17. The topological polar surface area (TPSA) is 78.1 Å². The molecule has 0 saturated heterocycles. The quantitative estimate of drug-likeness (QED) is 0.611. The monoisotopic (exact) mass is 396 g/mol.